The molecule has 0 spiro atoms. The average molecular weight is 300 g/mol. The molecule has 0 radical (unpaired) electrons. The van der Waals surface area contributed by atoms with Gasteiger partial charge in [-0.1, -0.05) is 13.8 Å². The van der Waals surface area contributed by atoms with E-state index in [1.165, 1.54) is 0 Å². The fourth-order valence-electron chi connectivity index (χ4n) is 3.13. The van der Waals surface area contributed by atoms with Crippen molar-refractivity contribution < 1.29 is 24.5 Å². The standard InChI is InChI=1S/C14H24N2O5/c1-10(2)14(12(18)19)3-4-15(9-14)13(20)16-5-6-21-8-11(16)7-17/h10-11,17H,3-9H2,1-2H3,(H,18,19). The molecule has 2 amide bonds. The highest BCUT2D eigenvalue weighted by molar-refractivity contribution is 5.80. The Hall–Kier alpha value is -1.34. The van der Waals surface area contributed by atoms with Crippen molar-refractivity contribution in [2.24, 2.45) is 11.3 Å². The molecule has 7 heteroatoms. The summed E-state index contributed by atoms with van der Waals surface area (Å²) in [4.78, 5) is 27.4. The van der Waals surface area contributed by atoms with Gasteiger partial charge in [0, 0.05) is 19.6 Å². The number of aliphatic carboxylic acids is 1. The van der Waals surface area contributed by atoms with Crippen LogP contribution in [0.2, 0.25) is 0 Å². The summed E-state index contributed by atoms with van der Waals surface area (Å²) in [7, 11) is 0. The van der Waals surface area contributed by atoms with E-state index in [-0.39, 0.29) is 31.1 Å². The summed E-state index contributed by atoms with van der Waals surface area (Å²) in [6.45, 7) is 5.50. The van der Waals surface area contributed by atoms with Gasteiger partial charge in [-0.05, 0) is 12.3 Å². The minimum atomic E-state index is -0.864. The van der Waals surface area contributed by atoms with Crippen LogP contribution in [0.5, 0.6) is 0 Å². The molecule has 120 valence electrons. The van der Waals surface area contributed by atoms with Crippen molar-refractivity contribution in [3.05, 3.63) is 0 Å². The lowest BCUT2D eigenvalue weighted by Crippen LogP contribution is -2.55. The Morgan fingerprint density at radius 3 is 2.62 bits per heavy atom. The summed E-state index contributed by atoms with van der Waals surface area (Å²) in [5.74, 6) is -0.875. The lowest BCUT2D eigenvalue weighted by Gasteiger charge is -2.37. The Labute approximate surface area is 124 Å². The zero-order valence-electron chi connectivity index (χ0n) is 12.6. The Kier molecular flexibility index (Phi) is 4.73. The number of morpholine rings is 1. The Bertz CT molecular complexity index is 414. The summed E-state index contributed by atoms with van der Waals surface area (Å²) in [5.41, 5.74) is -0.864. The van der Waals surface area contributed by atoms with E-state index >= 15 is 0 Å². The second kappa shape index (κ2) is 6.19. The number of amides is 2. The number of likely N-dealkylation sites (tertiary alicyclic amines) is 1. The van der Waals surface area contributed by atoms with Crippen molar-refractivity contribution in [2.75, 3.05) is 39.5 Å². The molecular formula is C14H24N2O5. The van der Waals surface area contributed by atoms with Crippen LogP contribution >= 0.6 is 0 Å². The summed E-state index contributed by atoms with van der Waals surface area (Å²) < 4.78 is 5.27. The van der Waals surface area contributed by atoms with Crippen LogP contribution in [0.4, 0.5) is 4.79 Å². The van der Waals surface area contributed by atoms with Crippen molar-refractivity contribution in [1.29, 1.82) is 0 Å². The van der Waals surface area contributed by atoms with Crippen molar-refractivity contribution in [3.8, 4) is 0 Å². The quantitative estimate of drug-likeness (QED) is 0.779. The van der Waals surface area contributed by atoms with E-state index in [0.717, 1.165) is 0 Å². The molecule has 0 aromatic heterocycles. The maximum absolute atomic E-state index is 12.6. The monoisotopic (exact) mass is 300 g/mol. The number of ether oxygens (including phenoxy) is 1. The summed E-state index contributed by atoms with van der Waals surface area (Å²) >= 11 is 0. The number of hydrogen-bond acceptors (Lipinski definition) is 4. The minimum Gasteiger partial charge on any atom is -0.481 e. The zero-order valence-corrected chi connectivity index (χ0v) is 12.6. The fraction of sp³-hybridized carbons (Fsp3) is 0.857. The Morgan fingerprint density at radius 2 is 2.10 bits per heavy atom. The lowest BCUT2D eigenvalue weighted by atomic mass is 9.76. The third-order valence-electron chi connectivity index (χ3n) is 4.79. The molecule has 0 saturated carbocycles. The Balaban J connectivity index is 2.09. The van der Waals surface area contributed by atoms with Crippen LogP contribution in [0.1, 0.15) is 20.3 Å². The molecule has 21 heavy (non-hydrogen) atoms. The number of carbonyl (C=O) groups excluding carboxylic acids is 1. The molecule has 2 aliphatic heterocycles. The number of rotatable bonds is 3. The number of aliphatic hydroxyl groups is 1. The third-order valence-corrected chi connectivity index (χ3v) is 4.79. The molecule has 2 saturated heterocycles. The molecule has 7 nitrogen and oxygen atoms in total. The van der Waals surface area contributed by atoms with Gasteiger partial charge in [0.2, 0.25) is 0 Å². The number of hydrogen-bond donors (Lipinski definition) is 2. The zero-order chi connectivity index (χ0) is 15.6. The van der Waals surface area contributed by atoms with Crippen LogP contribution in [0.3, 0.4) is 0 Å². The van der Waals surface area contributed by atoms with Gasteiger partial charge in [-0.15, -0.1) is 0 Å². The van der Waals surface area contributed by atoms with Gasteiger partial charge < -0.3 is 24.7 Å². The van der Waals surface area contributed by atoms with E-state index in [2.05, 4.69) is 0 Å². The predicted octanol–water partition coefficient (Wildman–Crippen LogP) is 0.232. The lowest BCUT2D eigenvalue weighted by molar-refractivity contribution is -0.150. The molecule has 0 bridgehead atoms. The molecule has 2 fully saturated rings. The smallest absolute Gasteiger partial charge is 0.320 e. The van der Waals surface area contributed by atoms with Gasteiger partial charge in [0.05, 0.1) is 31.3 Å². The molecule has 2 atom stereocenters. The molecule has 2 unspecified atom stereocenters. The highest BCUT2D eigenvalue weighted by Gasteiger charge is 2.49. The molecular weight excluding hydrogens is 276 g/mol. The molecule has 0 aromatic carbocycles. The third kappa shape index (κ3) is 2.85. The van der Waals surface area contributed by atoms with Crippen molar-refractivity contribution in [1.82, 2.24) is 9.80 Å². The second-order valence-corrected chi connectivity index (χ2v) is 6.17. The summed E-state index contributed by atoms with van der Waals surface area (Å²) in [6.07, 6.45) is 0.472. The average Bonchev–Trinajstić information content (AvgIpc) is 2.93. The maximum atomic E-state index is 12.6. The number of urea groups is 1. The largest absolute Gasteiger partial charge is 0.481 e. The number of nitrogens with zero attached hydrogens (tertiary/aromatic N) is 2. The van der Waals surface area contributed by atoms with Gasteiger partial charge >= 0.3 is 12.0 Å². The molecule has 2 rings (SSSR count). The van der Waals surface area contributed by atoms with Crippen LogP contribution < -0.4 is 0 Å². The minimum absolute atomic E-state index is 0.0360. The number of carbonyl (C=O) groups is 2. The second-order valence-electron chi connectivity index (χ2n) is 6.17. The van der Waals surface area contributed by atoms with Gasteiger partial charge in [-0.2, -0.15) is 0 Å². The van der Waals surface area contributed by atoms with E-state index in [1.54, 1.807) is 9.80 Å². The number of aliphatic hydroxyl groups excluding tert-OH is 1. The van der Waals surface area contributed by atoms with Gasteiger partial charge in [-0.25, -0.2) is 4.79 Å². The summed E-state index contributed by atoms with van der Waals surface area (Å²) in [5, 5.41) is 18.9. The van der Waals surface area contributed by atoms with E-state index in [0.29, 0.717) is 32.7 Å². The topological polar surface area (TPSA) is 90.3 Å². The first kappa shape index (κ1) is 16.0. The molecule has 0 aromatic rings. The van der Waals surface area contributed by atoms with Crippen LogP contribution in [-0.4, -0.2) is 77.5 Å². The molecule has 2 aliphatic rings. The van der Waals surface area contributed by atoms with Gasteiger partial charge in [0.15, 0.2) is 0 Å². The van der Waals surface area contributed by atoms with E-state index < -0.39 is 11.4 Å². The van der Waals surface area contributed by atoms with Crippen molar-refractivity contribution in [2.45, 2.75) is 26.3 Å². The molecule has 2 N–H and O–H groups in total. The summed E-state index contributed by atoms with van der Waals surface area (Å²) in [6, 6.07) is -0.536. The predicted molar refractivity (Wildman–Crippen MR) is 74.9 cm³/mol. The van der Waals surface area contributed by atoms with Crippen LogP contribution in [0.15, 0.2) is 0 Å². The van der Waals surface area contributed by atoms with Crippen molar-refractivity contribution >= 4 is 12.0 Å². The van der Waals surface area contributed by atoms with Gasteiger partial charge in [0.25, 0.3) is 0 Å². The van der Waals surface area contributed by atoms with Gasteiger partial charge in [0.1, 0.15) is 0 Å². The van der Waals surface area contributed by atoms with Crippen LogP contribution in [0.25, 0.3) is 0 Å². The Morgan fingerprint density at radius 1 is 1.38 bits per heavy atom. The van der Waals surface area contributed by atoms with Crippen molar-refractivity contribution in [3.63, 3.8) is 0 Å². The normalized spacial score (nSPS) is 30.0. The first-order chi connectivity index (χ1) is 9.92. The van der Waals surface area contributed by atoms with Crippen LogP contribution in [-0.2, 0) is 9.53 Å². The van der Waals surface area contributed by atoms with E-state index in [1.807, 2.05) is 13.8 Å². The highest BCUT2D eigenvalue weighted by Crippen LogP contribution is 2.38. The first-order valence-corrected chi connectivity index (χ1v) is 7.40. The maximum Gasteiger partial charge on any atom is 0.320 e. The SMILES string of the molecule is CC(C)C1(C(=O)O)CCN(C(=O)N2CCOCC2CO)C1. The molecule has 2 heterocycles. The fourth-order valence-corrected chi connectivity index (χ4v) is 3.13. The first-order valence-electron chi connectivity index (χ1n) is 7.40. The van der Waals surface area contributed by atoms with Gasteiger partial charge in [-0.3, -0.25) is 4.79 Å². The number of carboxylic acid groups (broad SMARTS) is 1. The van der Waals surface area contributed by atoms with Crippen LogP contribution in [0, 0.1) is 11.3 Å². The highest BCUT2D eigenvalue weighted by atomic mass is 16.5. The molecule has 0 aliphatic carbocycles. The number of carboxylic acids is 1. The van der Waals surface area contributed by atoms with E-state index in [9.17, 15) is 19.8 Å². The van der Waals surface area contributed by atoms with E-state index in [4.69, 9.17) is 4.74 Å².